The molecule has 4 aromatic rings. The molecule has 1 aliphatic rings. The highest BCUT2D eigenvalue weighted by Gasteiger charge is 2.25. The molecule has 0 spiro atoms. The van der Waals surface area contributed by atoms with Gasteiger partial charge < -0.3 is 23.8 Å². The summed E-state index contributed by atoms with van der Waals surface area (Å²) in [5.41, 5.74) is 5.07. The lowest BCUT2D eigenvalue weighted by atomic mass is 10.1. The first-order valence-electron chi connectivity index (χ1n) is 13.5. The van der Waals surface area contributed by atoms with Gasteiger partial charge in [0.25, 0.3) is 0 Å². The number of anilines is 1. The number of amides is 1. The van der Waals surface area contributed by atoms with E-state index in [1.807, 2.05) is 49.8 Å². The molecular weight excluding hydrogens is 574 g/mol. The zero-order valence-corrected chi connectivity index (χ0v) is 25.3. The van der Waals surface area contributed by atoms with Gasteiger partial charge in [0, 0.05) is 49.8 Å². The molecule has 5 rings (SSSR count). The highest BCUT2D eigenvalue weighted by atomic mass is 79.9. The molecule has 0 radical (unpaired) electrons. The normalized spacial score (nSPS) is 14.1. The van der Waals surface area contributed by atoms with Crippen molar-refractivity contribution in [3.05, 3.63) is 54.0 Å². The van der Waals surface area contributed by atoms with Gasteiger partial charge in [0.1, 0.15) is 16.9 Å². The second-order valence-electron chi connectivity index (χ2n) is 11.0. The van der Waals surface area contributed by atoms with E-state index in [-0.39, 0.29) is 6.54 Å². The van der Waals surface area contributed by atoms with Crippen LogP contribution < -0.4 is 4.90 Å². The summed E-state index contributed by atoms with van der Waals surface area (Å²) in [6.45, 7) is 11.4. The number of rotatable bonds is 7. The van der Waals surface area contributed by atoms with Crippen molar-refractivity contribution in [3.8, 4) is 17.1 Å². The number of ether oxygens (including phenoxy) is 2. The average Bonchev–Trinajstić information content (AvgIpc) is 3.54. The van der Waals surface area contributed by atoms with Crippen molar-refractivity contribution >= 4 is 38.9 Å². The Bertz CT molecular complexity index is 1500. The fourth-order valence-corrected chi connectivity index (χ4v) is 5.09. The lowest BCUT2D eigenvalue weighted by Crippen LogP contribution is -2.36. The zero-order chi connectivity index (χ0) is 28.4. The van der Waals surface area contributed by atoms with Crippen LogP contribution in [0.15, 0.2) is 42.6 Å². The van der Waals surface area contributed by atoms with Gasteiger partial charge in [-0.3, -0.25) is 0 Å². The van der Waals surface area contributed by atoms with Gasteiger partial charge in [0.15, 0.2) is 11.5 Å². The number of aryl methyl sites for hydroxylation is 2. The molecule has 0 unspecified atom stereocenters. The minimum Gasteiger partial charge on any atom is -0.444 e. The second kappa shape index (κ2) is 11.6. The lowest BCUT2D eigenvalue weighted by Gasteiger charge is -2.29. The van der Waals surface area contributed by atoms with E-state index in [1.165, 1.54) is 5.56 Å². The van der Waals surface area contributed by atoms with Crippen molar-refractivity contribution in [2.45, 2.75) is 46.4 Å². The quantitative estimate of drug-likeness (QED) is 0.266. The highest BCUT2D eigenvalue weighted by molar-refractivity contribution is 9.09. The number of aromatic nitrogens is 5. The fraction of sp³-hybridized carbons (Fsp3) is 0.448. The summed E-state index contributed by atoms with van der Waals surface area (Å²) in [4.78, 5) is 26.7. The number of hydrogen-bond acceptors (Lipinski definition) is 7. The monoisotopic (exact) mass is 609 g/mol. The van der Waals surface area contributed by atoms with Crippen LogP contribution in [0.5, 0.6) is 0 Å². The Balaban J connectivity index is 1.59. The van der Waals surface area contributed by atoms with Crippen LogP contribution in [0.1, 0.15) is 32.2 Å². The van der Waals surface area contributed by atoms with Gasteiger partial charge in [-0.1, -0.05) is 39.7 Å². The van der Waals surface area contributed by atoms with Gasteiger partial charge in [0.05, 0.1) is 31.1 Å². The maximum absolute atomic E-state index is 12.7. The number of fused-ring (bicyclic) bond motifs is 1. The number of halogens is 1. The van der Waals surface area contributed by atoms with Crippen LogP contribution in [0.2, 0.25) is 0 Å². The van der Waals surface area contributed by atoms with E-state index < -0.39 is 11.7 Å². The third-order valence-corrected chi connectivity index (χ3v) is 6.98. The van der Waals surface area contributed by atoms with Crippen LogP contribution in [-0.4, -0.2) is 79.6 Å². The molecule has 11 heteroatoms. The predicted octanol–water partition coefficient (Wildman–Crippen LogP) is 5.19. The van der Waals surface area contributed by atoms with Crippen LogP contribution in [-0.2, 0) is 22.6 Å². The van der Waals surface area contributed by atoms with E-state index in [4.69, 9.17) is 24.5 Å². The van der Waals surface area contributed by atoms with Crippen LogP contribution >= 0.6 is 15.9 Å². The largest absolute Gasteiger partial charge is 0.444 e. The first kappa shape index (κ1) is 28.1. The average molecular weight is 611 g/mol. The number of morpholine rings is 1. The summed E-state index contributed by atoms with van der Waals surface area (Å²) in [6, 6.07) is 12.4. The van der Waals surface area contributed by atoms with Gasteiger partial charge in [-0.2, -0.15) is 5.10 Å². The lowest BCUT2D eigenvalue weighted by molar-refractivity contribution is 0.0279. The molecule has 1 saturated heterocycles. The van der Waals surface area contributed by atoms with E-state index >= 15 is 0 Å². The predicted molar refractivity (Wildman–Crippen MR) is 159 cm³/mol. The molecule has 0 saturated carbocycles. The first-order valence-corrected chi connectivity index (χ1v) is 14.6. The molecule has 0 N–H and O–H groups in total. The minimum absolute atomic E-state index is 0.287. The van der Waals surface area contributed by atoms with E-state index in [2.05, 4.69) is 50.5 Å². The maximum atomic E-state index is 12.7. The number of carbonyl (C=O) groups is 1. The Labute approximate surface area is 243 Å². The molecule has 10 nitrogen and oxygen atoms in total. The zero-order valence-electron chi connectivity index (χ0n) is 23.7. The topological polar surface area (TPSA) is 90.5 Å². The second-order valence-corrected chi connectivity index (χ2v) is 11.8. The third-order valence-electron chi connectivity index (χ3n) is 6.63. The molecule has 1 aliphatic heterocycles. The number of hydrogen-bond donors (Lipinski definition) is 0. The summed E-state index contributed by atoms with van der Waals surface area (Å²) in [5.74, 6) is 1.44. The van der Waals surface area contributed by atoms with E-state index in [0.717, 1.165) is 47.0 Å². The molecule has 1 amide bonds. The standard InChI is InChI=1S/C29H36BrN7O3/c1-20-7-6-8-21(17-20)22-9-11-37(33-22)24-18-23(35-13-15-39-16-14-35)26-27(32-24)36(12-10-30)25(31-26)19-34(5)28(38)40-29(2,3)4/h6-9,11,17-18H,10,12-16,19H2,1-5H3. The summed E-state index contributed by atoms with van der Waals surface area (Å²) in [6.07, 6.45) is 1.55. The minimum atomic E-state index is -0.581. The number of imidazole rings is 1. The van der Waals surface area contributed by atoms with Crippen molar-refractivity contribution in [1.82, 2.24) is 29.2 Å². The molecule has 0 bridgehead atoms. The molecule has 1 fully saturated rings. The number of nitrogens with zero attached hydrogens (tertiary/aromatic N) is 7. The van der Waals surface area contributed by atoms with Gasteiger partial charge in [-0.25, -0.2) is 19.4 Å². The molecule has 4 heterocycles. The van der Waals surface area contributed by atoms with Crippen LogP contribution in [0, 0.1) is 6.92 Å². The molecular formula is C29H36BrN7O3. The summed E-state index contributed by atoms with van der Waals surface area (Å²) < 4.78 is 15.1. The Hall–Kier alpha value is -3.44. The Morgan fingerprint density at radius 1 is 1.15 bits per heavy atom. The van der Waals surface area contributed by atoms with Gasteiger partial charge in [-0.15, -0.1) is 0 Å². The van der Waals surface area contributed by atoms with Crippen molar-refractivity contribution in [2.75, 3.05) is 43.6 Å². The highest BCUT2D eigenvalue weighted by Crippen LogP contribution is 2.30. The van der Waals surface area contributed by atoms with Crippen molar-refractivity contribution in [3.63, 3.8) is 0 Å². The Morgan fingerprint density at radius 2 is 1.93 bits per heavy atom. The summed E-state index contributed by atoms with van der Waals surface area (Å²) in [5, 5.41) is 5.58. The van der Waals surface area contributed by atoms with Crippen molar-refractivity contribution < 1.29 is 14.3 Å². The SMILES string of the molecule is Cc1cccc(-c2ccn(-c3cc(N4CCOCC4)c4nc(CN(C)C(=O)OC(C)(C)C)n(CCBr)c4n3)n2)c1. The van der Waals surface area contributed by atoms with E-state index in [0.29, 0.717) is 30.9 Å². The smallest absolute Gasteiger partial charge is 0.410 e. The Kier molecular flexibility index (Phi) is 8.14. The molecule has 0 aliphatic carbocycles. The molecule has 212 valence electrons. The summed E-state index contributed by atoms with van der Waals surface area (Å²) >= 11 is 3.59. The van der Waals surface area contributed by atoms with Crippen LogP contribution in [0.25, 0.3) is 28.2 Å². The molecule has 40 heavy (non-hydrogen) atoms. The number of pyridine rings is 1. The molecule has 1 aromatic carbocycles. The molecule has 3 aromatic heterocycles. The van der Waals surface area contributed by atoms with Gasteiger partial charge in [-0.05, 0) is 39.8 Å². The van der Waals surface area contributed by atoms with Gasteiger partial charge >= 0.3 is 6.09 Å². The van der Waals surface area contributed by atoms with E-state index in [1.54, 1.807) is 11.9 Å². The van der Waals surface area contributed by atoms with Crippen LogP contribution in [0.3, 0.4) is 0 Å². The van der Waals surface area contributed by atoms with Crippen LogP contribution in [0.4, 0.5) is 10.5 Å². The number of carbonyl (C=O) groups excluding carboxylic acids is 1. The third kappa shape index (κ3) is 6.15. The van der Waals surface area contributed by atoms with E-state index in [9.17, 15) is 4.79 Å². The Morgan fingerprint density at radius 3 is 2.62 bits per heavy atom. The summed E-state index contributed by atoms with van der Waals surface area (Å²) in [7, 11) is 1.73. The van der Waals surface area contributed by atoms with Crippen molar-refractivity contribution in [1.29, 1.82) is 0 Å². The number of alkyl halides is 1. The first-order chi connectivity index (χ1) is 19.1. The van der Waals surface area contributed by atoms with Gasteiger partial charge in [0.2, 0.25) is 0 Å². The molecule has 0 atom stereocenters. The fourth-order valence-electron chi connectivity index (χ4n) is 4.74. The number of benzene rings is 1. The van der Waals surface area contributed by atoms with Crippen molar-refractivity contribution in [2.24, 2.45) is 0 Å². The maximum Gasteiger partial charge on any atom is 0.410 e.